The first-order valence-electron chi connectivity index (χ1n) is 7.93. The standard InChI is InChI=1S/C18H17F3N2O2/c1-10(24)15-5-13(19)6-16(21)18(15)25-17(11-2-3-22-7-11)12-4-14(20)9-23-8-12/h4-6,8-9,11,17,22H,2-3,7H2,1H3/t11-,17+/m1/s1. The molecule has 0 aliphatic carbocycles. The lowest BCUT2D eigenvalue weighted by atomic mass is 9.95. The minimum absolute atomic E-state index is 0.0622. The number of nitrogens with one attached hydrogen (secondary N) is 1. The summed E-state index contributed by atoms with van der Waals surface area (Å²) in [5, 5.41) is 3.17. The number of benzene rings is 1. The zero-order valence-electron chi connectivity index (χ0n) is 13.6. The molecule has 132 valence electrons. The van der Waals surface area contributed by atoms with E-state index in [0.29, 0.717) is 18.2 Å². The van der Waals surface area contributed by atoms with Crippen LogP contribution in [0.5, 0.6) is 5.75 Å². The van der Waals surface area contributed by atoms with E-state index in [1.807, 2.05) is 0 Å². The van der Waals surface area contributed by atoms with Gasteiger partial charge in [0.05, 0.1) is 11.8 Å². The lowest BCUT2D eigenvalue weighted by Crippen LogP contribution is -2.23. The molecular formula is C18H17F3N2O2. The van der Waals surface area contributed by atoms with E-state index < -0.39 is 29.3 Å². The van der Waals surface area contributed by atoms with Gasteiger partial charge in [0.25, 0.3) is 0 Å². The minimum Gasteiger partial charge on any atom is -0.481 e. The van der Waals surface area contributed by atoms with Gasteiger partial charge in [-0.25, -0.2) is 13.2 Å². The first-order valence-corrected chi connectivity index (χ1v) is 7.93. The molecule has 3 rings (SSSR count). The summed E-state index contributed by atoms with van der Waals surface area (Å²) in [4.78, 5) is 15.6. The van der Waals surface area contributed by atoms with Crippen LogP contribution in [0, 0.1) is 23.4 Å². The summed E-state index contributed by atoms with van der Waals surface area (Å²) in [6, 6.07) is 2.87. The van der Waals surface area contributed by atoms with Crippen molar-refractivity contribution in [3.05, 3.63) is 59.2 Å². The van der Waals surface area contributed by atoms with Gasteiger partial charge in [-0.2, -0.15) is 0 Å². The molecule has 7 heteroatoms. The molecule has 1 aliphatic rings. The molecule has 0 saturated carbocycles. The molecule has 0 spiro atoms. The van der Waals surface area contributed by atoms with Crippen LogP contribution in [0.15, 0.2) is 30.6 Å². The van der Waals surface area contributed by atoms with Crippen molar-refractivity contribution >= 4 is 5.78 Å². The number of aromatic nitrogens is 1. The molecule has 1 aromatic heterocycles. The van der Waals surface area contributed by atoms with Gasteiger partial charge in [-0.1, -0.05) is 0 Å². The van der Waals surface area contributed by atoms with E-state index in [1.165, 1.54) is 19.2 Å². The Morgan fingerprint density at radius 1 is 1.24 bits per heavy atom. The topological polar surface area (TPSA) is 51.2 Å². The van der Waals surface area contributed by atoms with E-state index in [9.17, 15) is 18.0 Å². The lowest BCUT2D eigenvalue weighted by molar-refractivity contribution is 0.0991. The van der Waals surface area contributed by atoms with Crippen LogP contribution in [0.25, 0.3) is 0 Å². The Balaban J connectivity index is 2.03. The van der Waals surface area contributed by atoms with Crippen LogP contribution in [0.2, 0.25) is 0 Å². The van der Waals surface area contributed by atoms with Crippen molar-refractivity contribution < 1.29 is 22.7 Å². The molecule has 1 aromatic carbocycles. The molecule has 1 N–H and O–H groups in total. The number of pyridine rings is 1. The summed E-state index contributed by atoms with van der Waals surface area (Å²) in [5.74, 6) is -3.27. The molecule has 2 atom stereocenters. The van der Waals surface area contributed by atoms with E-state index in [-0.39, 0.29) is 17.2 Å². The second-order valence-electron chi connectivity index (χ2n) is 6.05. The smallest absolute Gasteiger partial charge is 0.168 e. The monoisotopic (exact) mass is 350 g/mol. The summed E-state index contributed by atoms with van der Waals surface area (Å²) in [7, 11) is 0. The normalized spacial score (nSPS) is 18.2. The molecule has 0 radical (unpaired) electrons. The van der Waals surface area contributed by atoms with Crippen LogP contribution in [0.4, 0.5) is 13.2 Å². The molecule has 0 unspecified atom stereocenters. The van der Waals surface area contributed by atoms with E-state index in [0.717, 1.165) is 25.2 Å². The third kappa shape index (κ3) is 3.82. The van der Waals surface area contributed by atoms with Crippen molar-refractivity contribution in [2.75, 3.05) is 13.1 Å². The average molecular weight is 350 g/mol. The number of hydrogen-bond donors (Lipinski definition) is 1. The first kappa shape index (κ1) is 17.4. The fraction of sp³-hybridized carbons (Fsp3) is 0.333. The van der Waals surface area contributed by atoms with Crippen LogP contribution in [-0.2, 0) is 0 Å². The molecule has 0 amide bonds. The van der Waals surface area contributed by atoms with Gasteiger partial charge in [0.1, 0.15) is 17.7 Å². The molecule has 4 nitrogen and oxygen atoms in total. The van der Waals surface area contributed by atoms with Crippen LogP contribution >= 0.6 is 0 Å². The van der Waals surface area contributed by atoms with Crippen molar-refractivity contribution in [1.82, 2.24) is 10.3 Å². The number of Topliss-reactive ketones (excluding diaryl/α,β-unsaturated/α-hetero) is 1. The highest BCUT2D eigenvalue weighted by molar-refractivity contribution is 5.96. The highest BCUT2D eigenvalue weighted by Gasteiger charge is 2.31. The summed E-state index contributed by atoms with van der Waals surface area (Å²) in [6.45, 7) is 2.55. The average Bonchev–Trinajstić information content (AvgIpc) is 3.07. The van der Waals surface area contributed by atoms with Crippen LogP contribution < -0.4 is 10.1 Å². The number of hydrogen-bond acceptors (Lipinski definition) is 4. The molecule has 25 heavy (non-hydrogen) atoms. The zero-order chi connectivity index (χ0) is 18.0. The summed E-state index contributed by atoms with van der Waals surface area (Å²) >= 11 is 0. The Morgan fingerprint density at radius 3 is 2.68 bits per heavy atom. The SMILES string of the molecule is CC(=O)c1cc(F)cc(F)c1O[C@H](c1cncc(F)c1)[C@@H]1CCNC1. The number of carbonyl (C=O) groups is 1. The predicted octanol–water partition coefficient (Wildman–Crippen LogP) is 3.43. The van der Waals surface area contributed by atoms with E-state index >= 15 is 0 Å². The van der Waals surface area contributed by atoms with Crippen molar-refractivity contribution in [2.24, 2.45) is 5.92 Å². The minimum atomic E-state index is -0.967. The Labute approximate surface area is 143 Å². The lowest BCUT2D eigenvalue weighted by Gasteiger charge is -2.25. The van der Waals surface area contributed by atoms with Crippen molar-refractivity contribution in [3.63, 3.8) is 0 Å². The van der Waals surface area contributed by atoms with Crippen molar-refractivity contribution in [1.29, 1.82) is 0 Å². The quantitative estimate of drug-likeness (QED) is 0.840. The molecule has 1 saturated heterocycles. The number of halogens is 3. The van der Waals surface area contributed by atoms with Gasteiger partial charge < -0.3 is 10.1 Å². The first-order chi connectivity index (χ1) is 12.0. The van der Waals surface area contributed by atoms with Gasteiger partial charge in [-0.3, -0.25) is 9.78 Å². The van der Waals surface area contributed by atoms with Gasteiger partial charge >= 0.3 is 0 Å². The molecule has 2 heterocycles. The number of ether oxygens (including phenoxy) is 1. The Bertz CT molecular complexity index is 792. The molecule has 1 aliphatic heterocycles. The Hall–Kier alpha value is -2.41. The Morgan fingerprint density at radius 2 is 2.04 bits per heavy atom. The fourth-order valence-electron chi connectivity index (χ4n) is 3.02. The molecular weight excluding hydrogens is 333 g/mol. The highest BCUT2D eigenvalue weighted by atomic mass is 19.1. The van der Waals surface area contributed by atoms with E-state index in [1.54, 1.807) is 0 Å². The molecule has 2 aromatic rings. The Kier molecular flexibility index (Phi) is 5.03. The summed E-state index contributed by atoms with van der Waals surface area (Å²) in [6.07, 6.45) is 2.53. The highest BCUT2D eigenvalue weighted by Crippen LogP contribution is 2.35. The third-order valence-electron chi connectivity index (χ3n) is 4.21. The maximum atomic E-state index is 14.3. The van der Waals surface area contributed by atoms with Gasteiger partial charge in [0.15, 0.2) is 17.3 Å². The van der Waals surface area contributed by atoms with Crippen LogP contribution in [0.3, 0.4) is 0 Å². The second kappa shape index (κ2) is 7.23. The zero-order valence-corrected chi connectivity index (χ0v) is 13.6. The van der Waals surface area contributed by atoms with Gasteiger partial charge in [0, 0.05) is 30.3 Å². The number of nitrogens with zero attached hydrogens (tertiary/aromatic N) is 1. The van der Waals surface area contributed by atoms with Crippen LogP contribution in [-0.4, -0.2) is 23.9 Å². The predicted molar refractivity (Wildman–Crippen MR) is 84.9 cm³/mol. The fourth-order valence-corrected chi connectivity index (χ4v) is 3.02. The molecule has 1 fully saturated rings. The third-order valence-corrected chi connectivity index (χ3v) is 4.21. The van der Waals surface area contributed by atoms with E-state index in [2.05, 4.69) is 10.3 Å². The maximum absolute atomic E-state index is 14.3. The van der Waals surface area contributed by atoms with E-state index in [4.69, 9.17) is 4.74 Å². The largest absolute Gasteiger partial charge is 0.481 e. The summed E-state index contributed by atoms with van der Waals surface area (Å²) < 4.78 is 47.1. The van der Waals surface area contributed by atoms with Crippen molar-refractivity contribution in [2.45, 2.75) is 19.4 Å². The van der Waals surface area contributed by atoms with Crippen LogP contribution in [0.1, 0.15) is 35.4 Å². The van der Waals surface area contributed by atoms with Gasteiger partial charge in [-0.15, -0.1) is 0 Å². The van der Waals surface area contributed by atoms with Crippen molar-refractivity contribution in [3.8, 4) is 5.75 Å². The van der Waals surface area contributed by atoms with Gasteiger partial charge in [-0.05, 0) is 32.0 Å². The van der Waals surface area contributed by atoms with Gasteiger partial charge in [0.2, 0.25) is 0 Å². The maximum Gasteiger partial charge on any atom is 0.168 e. The molecule has 0 bridgehead atoms. The summed E-state index contributed by atoms with van der Waals surface area (Å²) in [5.41, 5.74) is 0.254. The second-order valence-corrected chi connectivity index (χ2v) is 6.05. The number of ketones is 1. The number of carbonyl (C=O) groups excluding carboxylic acids is 1. The number of rotatable bonds is 5.